The van der Waals surface area contributed by atoms with Crippen LogP contribution in [0.1, 0.15) is 43.5 Å². The standard InChI is InChI=1S/C14H22N2OS/c1-9(15)14(13-3-2-6-18-13)16-10-4-5-11(16)8-12(17)7-10/h2-3,6,9-12,14,17H,4-5,7-8,15H2,1H3. The Morgan fingerprint density at radius 3 is 2.56 bits per heavy atom. The minimum Gasteiger partial charge on any atom is -0.393 e. The highest BCUT2D eigenvalue weighted by Crippen LogP contribution is 2.43. The van der Waals surface area contributed by atoms with Gasteiger partial charge >= 0.3 is 0 Å². The molecule has 4 atom stereocenters. The second kappa shape index (κ2) is 4.93. The number of hydrogen-bond acceptors (Lipinski definition) is 4. The maximum Gasteiger partial charge on any atom is 0.0595 e. The van der Waals surface area contributed by atoms with Gasteiger partial charge < -0.3 is 10.8 Å². The number of fused-ring (bicyclic) bond motifs is 2. The second-order valence-electron chi connectivity index (χ2n) is 5.78. The second-order valence-corrected chi connectivity index (χ2v) is 6.76. The van der Waals surface area contributed by atoms with E-state index in [1.54, 1.807) is 11.3 Å². The van der Waals surface area contributed by atoms with Crippen LogP contribution >= 0.6 is 11.3 Å². The molecule has 4 unspecified atom stereocenters. The fourth-order valence-electron chi connectivity index (χ4n) is 3.78. The maximum absolute atomic E-state index is 9.90. The molecule has 2 saturated heterocycles. The first-order valence-corrected chi connectivity index (χ1v) is 7.79. The van der Waals surface area contributed by atoms with Crippen LogP contribution in [0.15, 0.2) is 17.5 Å². The van der Waals surface area contributed by atoms with E-state index in [0.717, 1.165) is 12.8 Å². The summed E-state index contributed by atoms with van der Waals surface area (Å²) in [7, 11) is 0. The SMILES string of the molecule is CC(N)C(c1cccs1)N1C2CCC1CC(O)C2. The number of nitrogens with zero attached hydrogens (tertiary/aromatic N) is 1. The summed E-state index contributed by atoms with van der Waals surface area (Å²) in [5.74, 6) is 0. The Morgan fingerprint density at radius 1 is 1.39 bits per heavy atom. The molecule has 2 bridgehead atoms. The highest BCUT2D eigenvalue weighted by atomic mass is 32.1. The van der Waals surface area contributed by atoms with Crippen molar-refractivity contribution in [2.24, 2.45) is 5.73 Å². The highest BCUT2D eigenvalue weighted by Gasteiger charge is 2.44. The molecular weight excluding hydrogens is 244 g/mol. The van der Waals surface area contributed by atoms with E-state index >= 15 is 0 Å². The highest BCUT2D eigenvalue weighted by molar-refractivity contribution is 7.10. The Bertz CT molecular complexity index is 379. The summed E-state index contributed by atoms with van der Waals surface area (Å²) in [5.41, 5.74) is 6.25. The Kier molecular flexibility index (Phi) is 3.45. The predicted molar refractivity (Wildman–Crippen MR) is 74.6 cm³/mol. The third kappa shape index (κ3) is 2.11. The summed E-state index contributed by atoms with van der Waals surface area (Å²) in [6.07, 6.45) is 4.18. The van der Waals surface area contributed by atoms with Gasteiger partial charge in [-0.15, -0.1) is 11.3 Å². The van der Waals surface area contributed by atoms with Crippen LogP contribution < -0.4 is 5.73 Å². The van der Waals surface area contributed by atoms with Crippen LogP contribution in [0, 0.1) is 0 Å². The summed E-state index contributed by atoms with van der Waals surface area (Å²) in [6.45, 7) is 2.11. The fourth-order valence-corrected chi connectivity index (χ4v) is 4.72. The molecule has 0 aromatic carbocycles. The molecule has 3 rings (SSSR count). The van der Waals surface area contributed by atoms with Gasteiger partial charge in [-0.05, 0) is 44.1 Å². The van der Waals surface area contributed by atoms with Crippen LogP contribution in [0.4, 0.5) is 0 Å². The summed E-state index contributed by atoms with van der Waals surface area (Å²) in [5, 5.41) is 12.0. The average molecular weight is 266 g/mol. The number of rotatable bonds is 3. The van der Waals surface area contributed by atoms with E-state index in [4.69, 9.17) is 5.73 Å². The van der Waals surface area contributed by atoms with Crippen molar-refractivity contribution in [1.29, 1.82) is 0 Å². The zero-order valence-corrected chi connectivity index (χ0v) is 11.6. The minimum absolute atomic E-state index is 0.101. The molecule has 0 amide bonds. The first-order valence-electron chi connectivity index (χ1n) is 6.91. The van der Waals surface area contributed by atoms with Crippen molar-refractivity contribution < 1.29 is 5.11 Å². The van der Waals surface area contributed by atoms with Gasteiger partial charge in [-0.2, -0.15) is 0 Å². The molecule has 2 aliphatic heterocycles. The monoisotopic (exact) mass is 266 g/mol. The summed E-state index contributed by atoms with van der Waals surface area (Å²) in [4.78, 5) is 3.97. The van der Waals surface area contributed by atoms with Crippen molar-refractivity contribution >= 4 is 11.3 Å². The molecule has 100 valence electrons. The molecule has 0 spiro atoms. The third-order valence-corrected chi connectivity index (χ3v) is 5.36. The molecular formula is C14H22N2OS. The summed E-state index contributed by atoms with van der Waals surface area (Å²) >= 11 is 1.80. The Morgan fingerprint density at radius 2 is 2.06 bits per heavy atom. The Balaban J connectivity index is 1.88. The van der Waals surface area contributed by atoms with E-state index in [1.807, 2.05) is 0 Å². The molecule has 3 heterocycles. The number of aliphatic hydroxyl groups is 1. The predicted octanol–water partition coefficient (Wildman–Crippen LogP) is 2.12. The number of piperidine rings is 1. The van der Waals surface area contributed by atoms with Gasteiger partial charge in [-0.25, -0.2) is 0 Å². The van der Waals surface area contributed by atoms with E-state index in [-0.39, 0.29) is 12.1 Å². The third-order valence-electron chi connectivity index (χ3n) is 4.42. The summed E-state index contributed by atoms with van der Waals surface area (Å²) in [6, 6.07) is 5.82. The van der Waals surface area contributed by atoms with E-state index < -0.39 is 0 Å². The lowest BCUT2D eigenvalue weighted by Crippen LogP contribution is -2.50. The van der Waals surface area contributed by atoms with Gasteiger partial charge in [0.05, 0.1) is 12.1 Å². The van der Waals surface area contributed by atoms with Crippen LogP contribution in [0.25, 0.3) is 0 Å². The van der Waals surface area contributed by atoms with E-state index in [2.05, 4.69) is 29.3 Å². The molecule has 4 heteroatoms. The maximum atomic E-state index is 9.90. The van der Waals surface area contributed by atoms with Crippen molar-refractivity contribution in [3.8, 4) is 0 Å². The minimum atomic E-state index is -0.101. The Labute approximate surface area is 113 Å². The molecule has 0 aliphatic carbocycles. The van der Waals surface area contributed by atoms with Gasteiger partial charge in [0.2, 0.25) is 0 Å². The number of hydrogen-bond donors (Lipinski definition) is 2. The van der Waals surface area contributed by atoms with Crippen molar-refractivity contribution in [2.75, 3.05) is 0 Å². The number of nitrogens with two attached hydrogens (primary N) is 1. The van der Waals surface area contributed by atoms with Crippen molar-refractivity contribution in [1.82, 2.24) is 4.90 Å². The van der Waals surface area contributed by atoms with E-state index in [9.17, 15) is 5.11 Å². The first-order chi connectivity index (χ1) is 8.66. The van der Waals surface area contributed by atoms with E-state index in [1.165, 1.54) is 17.7 Å². The van der Waals surface area contributed by atoms with Crippen LogP contribution in [0.3, 0.4) is 0 Å². The van der Waals surface area contributed by atoms with Crippen LogP contribution in [0.2, 0.25) is 0 Å². The van der Waals surface area contributed by atoms with Gasteiger partial charge in [0, 0.05) is 23.0 Å². The molecule has 2 aliphatic rings. The van der Waals surface area contributed by atoms with Gasteiger partial charge in [0.25, 0.3) is 0 Å². The average Bonchev–Trinajstić information content (AvgIpc) is 2.89. The molecule has 1 aromatic heterocycles. The molecule has 0 radical (unpaired) electrons. The lowest BCUT2D eigenvalue weighted by Gasteiger charge is -2.43. The van der Waals surface area contributed by atoms with Crippen molar-refractivity contribution in [3.63, 3.8) is 0 Å². The number of aliphatic hydroxyl groups excluding tert-OH is 1. The zero-order valence-electron chi connectivity index (χ0n) is 10.8. The molecule has 2 fully saturated rings. The lowest BCUT2D eigenvalue weighted by molar-refractivity contribution is 0.00506. The van der Waals surface area contributed by atoms with Gasteiger partial charge in [0.15, 0.2) is 0 Å². The quantitative estimate of drug-likeness (QED) is 0.881. The van der Waals surface area contributed by atoms with E-state index in [0.29, 0.717) is 18.1 Å². The number of thiophene rings is 1. The normalized spacial score (nSPS) is 35.6. The lowest BCUT2D eigenvalue weighted by atomic mass is 9.95. The molecule has 18 heavy (non-hydrogen) atoms. The molecule has 1 aromatic rings. The zero-order chi connectivity index (χ0) is 12.7. The summed E-state index contributed by atoms with van der Waals surface area (Å²) < 4.78 is 0. The van der Waals surface area contributed by atoms with Crippen molar-refractivity contribution in [2.45, 2.75) is 62.9 Å². The largest absolute Gasteiger partial charge is 0.393 e. The fraction of sp³-hybridized carbons (Fsp3) is 0.714. The topological polar surface area (TPSA) is 49.5 Å². The van der Waals surface area contributed by atoms with Crippen LogP contribution in [0.5, 0.6) is 0 Å². The smallest absolute Gasteiger partial charge is 0.0595 e. The molecule has 3 nitrogen and oxygen atoms in total. The molecule has 3 N–H and O–H groups in total. The van der Waals surface area contributed by atoms with Crippen LogP contribution in [-0.4, -0.2) is 34.2 Å². The Hall–Kier alpha value is -0.420. The van der Waals surface area contributed by atoms with Gasteiger partial charge in [-0.1, -0.05) is 6.07 Å². The first kappa shape index (κ1) is 12.6. The molecule has 0 saturated carbocycles. The van der Waals surface area contributed by atoms with Crippen molar-refractivity contribution in [3.05, 3.63) is 22.4 Å². The van der Waals surface area contributed by atoms with Crippen LogP contribution in [-0.2, 0) is 0 Å². The van der Waals surface area contributed by atoms with Gasteiger partial charge in [0.1, 0.15) is 0 Å². The van der Waals surface area contributed by atoms with Gasteiger partial charge in [-0.3, -0.25) is 4.90 Å².